The SMILES string of the molecule is CC(C)Oc1cc(N2CCN(Cc3cccnn3)CC2)c(C(=N)N=NN)cc1C1CC1. The van der Waals surface area contributed by atoms with Crippen molar-refractivity contribution >= 4 is 11.5 Å². The van der Waals surface area contributed by atoms with Crippen molar-refractivity contribution in [1.29, 1.82) is 5.41 Å². The predicted octanol–water partition coefficient (Wildman–Crippen LogP) is 3.11. The zero-order valence-electron chi connectivity index (χ0n) is 18.2. The zero-order chi connectivity index (χ0) is 21.8. The van der Waals surface area contributed by atoms with E-state index in [0.29, 0.717) is 5.92 Å². The molecule has 3 N–H and O–H groups in total. The van der Waals surface area contributed by atoms with Gasteiger partial charge in [0.2, 0.25) is 0 Å². The summed E-state index contributed by atoms with van der Waals surface area (Å²) in [5.41, 5.74) is 3.85. The normalized spacial score (nSPS) is 17.5. The Morgan fingerprint density at radius 3 is 2.65 bits per heavy atom. The van der Waals surface area contributed by atoms with Crippen LogP contribution in [0.15, 0.2) is 40.8 Å². The van der Waals surface area contributed by atoms with Gasteiger partial charge in [0.15, 0.2) is 5.84 Å². The summed E-state index contributed by atoms with van der Waals surface area (Å²) < 4.78 is 6.17. The molecule has 1 aromatic heterocycles. The number of nitrogens with two attached hydrogens (primary N) is 1. The smallest absolute Gasteiger partial charge is 0.178 e. The third kappa shape index (κ3) is 5.16. The Kier molecular flexibility index (Phi) is 6.41. The maximum Gasteiger partial charge on any atom is 0.178 e. The van der Waals surface area contributed by atoms with Gasteiger partial charge < -0.3 is 15.5 Å². The maximum atomic E-state index is 8.41. The summed E-state index contributed by atoms with van der Waals surface area (Å²) in [7, 11) is 0. The molecule has 1 aromatic carbocycles. The van der Waals surface area contributed by atoms with E-state index < -0.39 is 0 Å². The van der Waals surface area contributed by atoms with Gasteiger partial charge in [-0.05, 0) is 56.4 Å². The number of aromatic nitrogens is 2. The molecule has 31 heavy (non-hydrogen) atoms. The highest BCUT2D eigenvalue weighted by Crippen LogP contribution is 2.47. The number of nitrogens with zero attached hydrogens (tertiary/aromatic N) is 6. The molecule has 1 aliphatic carbocycles. The van der Waals surface area contributed by atoms with Crippen LogP contribution < -0.4 is 15.5 Å². The molecule has 0 bridgehead atoms. The summed E-state index contributed by atoms with van der Waals surface area (Å²) in [5.74, 6) is 6.74. The number of hydrogen-bond donors (Lipinski definition) is 2. The van der Waals surface area contributed by atoms with Gasteiger partial charge >= 0.3 is 0 Å². The van der Waals surface area contributed by atoms with E-state index in [1.807, 2.05) is 26.0 Å². The highest BCUT2D eigenvalue weighted by molar-refractivity contribution is 6.02. The minimum absolute atomic E-state index is 0.0810. The van der Waals surface area contributed by atoms with Crippen molar-refractivity contribution in [2.45, 2.75) is 45.3 Å². The molecule has 1 saturated heterocycles. The lowest BCUT2D eigenvalue weighted by molar-refractivity contribution is 0.238. The Labute approximate surface area is 182 Å². The summed E-state index contributed by atoms with van der Waals surface area (Å²) in [6.07, 6.45) is 4.09. The Morgan fingerprint density at radius 2 is 2.03 bits per heavy atom. The van der Waals surface area contributed by atoms with Gasteiger partial charge in [-0.3, -0.25) is 10.3 Å². The number of hydrogen-bond acceptors (Lipinski definition) is 7. The van der Waals surface area contributed by atoms with Crippen LogP contribution in [-0.4, -0.2) is 53.2 Å². The first-order chi connectivity index (χ1) is 15.0. The minimum Gasteiger partial charge on any atom is -0.491 e. The number of anilines is 1. The Bertz CT molecular complexity index is 934. The van der Waals surface area contributed by atoms with Crippen molar-refractivity contribution in [1.82, 2.24) is 15.1 Å². The molecule has 1 saturated carbocycles. The zero-order valence-corrected chi connectivity index (χ0v) is 18.2. The molecular weight excluding hydrogens is 392 g/mol. The molecule has 2 aliphatic rings. The summed E-state index contributed by atoms with van der Waals surface area (Å²) in [5, 5.41) is 23.7. The summed E-state index contributed by atoms with van der Waals surface area (Å²) in [6.45, 7) is 8.34. The molecule has 9 nitrogen and oxygen atoms in total. The van der Waals surface area contributed by atoms with Crippen molar-refractivity contribution < 1.29 is 4.74 Å². The molecule has 2 aromatic rings. The molecule has 0 radical (unpaired) electrons. The summed E-state index contributed by atoms with van der Waals surface area (Å²) in [6, 6.07) is 8.07. The molecule has 9 heteroatoms. The second kappa shape index (κ2) is 9.38. The van der Waals surface area contributed by atoms with Gasteiger partial charge in [-0.2, -0.15) is 10.2 Å². The van der Waals surface area contributed by atoms with Crippen LogP contribution >= 0.6 is 0 Å². The lowest BCUT2D eigenvalue weighted by Gasteiger charge is -2.37. The summed E-state index contributed by atoms with van der Waals surface area (Å²) in [4.78, 5) is 4.67. The van der Waals surface area contributed by atoms with Crippen molar-refractivity contribution in [2.24, 2.45) is 16.2 Å². The third-order valence-corrected chi connectivity index (χ3v) is 5.65. The fourth-order valence-electron chi connectivity index (χ4n) is 4.01. The molecule has 0 atom stereocenters. The highest BCUT2D eigenvalue weighted by atomic mass is 16.5. The van der Waals surface area contributed by atoms with Crippen LogP contribution in [0.5, 0.6) is 5.75 Å². The third-order valence-electron chi connectivity index (χ3n) is 5.65. The van der Waals surface area contributed by atoms with Gasteiger partial charge in [0.25, 0.3) is 0 Å². The predicted molar refractivity (Wildman–Crippen MR) is 120 cm³/mol. The van der Waals surface area contributed by atoms with Crippen molar-refractivity contribution in [3.05, 3.63) is 47.3 Å². The minimum atomic E-state index is 0.0810. The molecule has 0 amide bonds. The van der Waals surface area contributed by atoms with E-state index in [1.54, 1.807) is 6.20 Å². The number of amidine groups is 1. The monoisotopic (exact) mass is 422 g/mol. The quantitative estimate of drug-likeness (QED) is 0.233. The molecular formula is C22H30N8O. The van der Waals surface area contributed by atoms with E-state index in [1.165, 1.54) is 0 Å². The van der Waals surface area contributed by atoms with Gasteiger partial charge in [-0.25, -0.2) is 0 Å². The molecule has 2 heterocycles. The molecule has 4 rings (SSSR count). The van der Waals surface area contributed by atoms with E-state index >= 15 is 0 Å². The largest absolute Gasteiger partial charge is 0.491 e. The van der Waals surface area contributed by atoms with Crippen LogP contribution in [0, 0.1) is 5.41 Å². The van der Waals surface area contributed by atoms with Crippen LogP contribution in [0.4, 0.5) is 5.69 Å². The second-order valence-electron chi connectivity index (χ2n) is 8.39. The maximum absolute atomic E-state index is 8.41. The number of ether oxygens (including phenoxy) is 1. The van der Waals surface area contributed by atoms with E-state index in [9.17, 15) is 0 Å². The lowest BCUT2D eigenvalue weighted by Crippen LogP contribution is -2.46. The van der Waals surface area contributed by atoms with Crippen LogP contribution in [0.1, 0.15) is 49.4 Å². The molecule has 0 unspecified atom stereocenters. The second-order valence-corrected chi connectivity index (χ2v) is 8.39. The van der Waals surface area contributed by atoms with Crippen LogP contribution in [-0.2, 0) is 6.54 Å². The van der Waals surface area contributed by atoms with E-state index in [0.717, 1.165) is 73.8 Å². The standard InChI is InChI=1S/C22H30N8O/c1-15(2)31-21-13-20(19(22(23)27-28-24)12-18(21)16-5-6-16)30-10-8-29(9-11-30)14-17-4-3-7-25-26-17/h3-4,7,12-13,15-16H,5-6,8-11,14H2,1-2H3,(H3,23,24,27). The Hall–Kier alpha value is -3.07. The first-order valence-electron chi connectivity index (χ1n) is 10.8. The van der Waals surface area contributed by atoms with E-state index in [2.05, 4.69) is 42.5 Å². The summed E-state index contributed by atoms with van der Waals surface area (Å²) >= 11 is 0. The van der Waals surface area contributed by atoms with Gasteiger partial charge in [-0.1, -0.05) is 5.22 Å². The van der Waals surface area contributed by atoms with Crippen molar-refractivity contribution in [3.8, 4) is 5.75 Å². The Morgan fingerprint density at radius 1 is 1.26 bits per heavy atom. The number of rotatable bonds is 7. The van der Waals surface area contributed by atoms with Crippen LogP contribution in [0.25, 0.3) is 0 Å². The van der Waals surface area contributed by atoms with Gasteiger partial charge in [0.1, 0.15) is 5.75 Å². The lowest BCUT2D eigenvalue weighted by atomic mass is 10.0. The van der Waals surface area contributed by atoms with Gasteiger partial charge in [0, 0.05) is 50.6 Å². The van der Waals surface area contributed by atoms with Crippen LogP contribution in [0.2, 0.25) is 0 Å². The molecule has 2 fully saturated rings. The molecule has 1 aliphatic heterocycles. The topological polar surface area (TPSA) is 116 Å². The average Bonchev–Trinajstić information content (AvgIpc) is 3.60. The fraction of sp³-hybridized carbons (Fsp3) is 0.500. The fourth-order valence-corrected chi connectivity index (χ4v) is 4.01. The average molecular weight is 423 g/mol. The van der Waals surface area contributed by atoms with Gasteiger partial charge in [0.05, 0.1) is 17.5 Å². The van der Waals surface area contributed by atoms with Crippen molar-refractivity contribution in [3.63, 3.8) is 0 Å². The number of piperazine rings is 1. The van der Waals surface area contributed by atoms with Gasteiger partial charge in [-0.15, -0.1) is 5.11 Å². The van der Waals surface area contributed by atoms with Crippen LogP contribution in [0.3, 0.4) is 0 Å². The first kappa shape index (κ1) is 21.2. The van der Waals surface area contributed by atoms with E-state index in [-0.39, 0.29) is 11.9 Å². The Balaban J connectivity index is 1.58. The van der Waals surface area contributed by atoms with E-state index in [4.69, 9.17) is 16.0 Å². The highest BCUT2D eigenvalue weighted by Gasteiger charge is 2.30. The number of benzene rings is 1. The molecule has 164 valence electrons. The first-order valence-corrected chi connectivity index (χ1v) is 10.8. The van der Waals surface area contributed by atoms with Crippen molar-refractivity contribution in [2.75, 3.05) is 31.1 Å². The number of nitrogens with one attached hydrogen (secondary N) is 1. The molecule has 0 spiro atoms.